The molecule has 1 atom stereocenters. The SMILES string of the molecule is CN1CCC2(CCCN(C(=O)Cc3ccccc3)C2)C1=O. The molecule has 2 amide bonds. The van der Waals surface area contributed by atoms with Crippen molar-refractivity contribution in [3.8, 4) is 0 Å². The largest absolute Gasteiger partial charge is 0.345 e. The molecule has 3 rings (SSSR count). The lowest BCUT2D eigenvalue weighted by Crippen LogP contribution is -2.49. The quantitative estimate of drug-likeness (QED) is 0.830. The molecule has 1 aromatic rings. The zero-order valence-electron chi connectivity index (χ0n) is 12.5. The maximum Gasteiger partial charge on any atom is 0.230 e. The third-order valence-electron chi connectivity index (χ3n) is 4.85. The van der Waals surface area contributed by atoms with Crippen molar-refractivity contribution in [1.29, 1.82) is 0 Å². The fourth-order valence-electron chi connectivity index (χ4n) is 3.60. The van der Waals surface area contributed by atoms with Gasteiger partial charge >= 0.3 is 0 Å². The Labute approximate surface area is 125 Å². The molecule has 1 aromatic carbocycles. The Hall–Kier alpha value is -1.84. The first-order chi connectivity index (χ1) is 10.1. The van der Waals surface area contributed by atoms with Gasteiger partial charge in [0.1, 0.15) is 0 Å². The van der Waals surface area contributed by atoms with Crippen LogP contribution in [0, 0.1) is 5.41 Å². The van der Waals surface area contributed by atoms with E-state index < -0.39 is 0 Å². The van der Waals surface area contributed by atoms with Crippen LogP contribution in [-0.4, -0.2) is 48.3 Å². The van der Waals surface area contributed by atoms with E-state index >= 15 is 0 Å². The molecule has 0 saturated carbocycles. The monoisotopic (exact) mass is 286 g/mol. The predicted octanol–water partition coefficient (Wildman–Crippen LogP) is 1.70. The van der Waals surface area contributed by atoms with Gasteiger partial charge in [0.2, 0.25) is 11.8 Å². The molecule has 2 aliphatic rings. The van der Waals surface area contributed by atoms with E-state index in [-0.39, 0.29) is 17.2 Å². The predicted molar refractivity (Wildman–Crippen MR) is 80.6 cm³/mol. The summed E-state index contributed by atoms with van der Waals surface area (Å²) in [6.07, 6.45) is 3.17. The lowest BCUT2D eigenvalue weighted by molar-refractivity contribution is -0.142. The van der Waals surface area contributed by atoms with E-state index in [1.165, 1.54) is 0 Å². The molecule has 1 unspecified atom stereocenters. The van der Waals surface area contributed by atoms with Crippen molar-refractivity contribution in [2.24, 2.45) is 5.41 Å². The standard InChI is InChI=1S/C17H22N2O2/c1-18-11-9-17(16(18)21)8-5-10-19(13-17)15(20)12-14-6-3-2-4-7-14/h2-4,6-7H,5,8-13H2,1H3. The van der Waals surface area contributed by atoms with Crippen LogP contribution in [0.1, 0.15) is 24.8 Å². The Kier molecular flexibility index (Phi) is 3.70. The van der Waals surface area contributed by atoms with Crippen LogP contribution in [0.5, 0.6) is 0 Å². The minimum atomic E-state index is -0.306. The summed E-state index contributed by atoms with van der Waals surface area (Å²) in [5.74, 6) is 0.363. The summed E-state index contributed by atoms with van der Waals surface area (Å²) in [7, 11) is 1.86. The third-order valence-corrected chi connectivity index (χ3v) is 4.85. The smallest absolute Gasteiger partial charge is 0.230 e. The summed E-state index contributed by atoms with van der Waals surface area (Å²) < 4.78 is 0. The number of benzene rings is 1. The van der Waals surface area contributed by atoms with Crippen molar-refractivity contribution in [2.45, 2.75) is 25.7 Å². The van der Waals surface area contributed by atoms with E-state index in [4.69, 9.17) is 0 Å². The van der Waals surface area contributed by atoms with Crippen molar-refractivity contribution in [3.63, 3.8) is 0 Å². The van der Waals surface area contributed by atoms with E-state index in [1.54, 1.807) is 0 Å². The Bertz CT molecular complexity index is 539. The van der Waals surface area contributed by atoms with Crippen LogP contribution < -0.4 is 0 Å². The van der Waals surface area contributed by atoms with E-state index in [0.29, 0.717) is 13.0 Å². The van der Waals surface area contributed by atoms with Crippen molar-refractivity contribution < 1.29 is 9.59 Å². The third kappa shape index (κ3) is 2.67. The van der Waals surface area contributed by atoms with Gasteiger partial charge in [0.05, 0.1) is 11.8 Å². The highest BCUT2D eigenvalue weighted by molar-refractivity contribution is 5.86. The number of nitrogens with zero attached hydrogens (tertiary/aromatic N) is 2. The Morgan fingerprint density at radius 2 is 1.95 bits per heavy atom. The highest BCUT2D eigenvalue weighted by Crippen LogP contribution is 2.39. The number of amides is 2. The van der Waals surface area contributed by atoms with Crippen LogP contribution in [0.4, 0.5) is 0 Å². The average molecular weight is 286 g/mol. The van der Waals surface area contributed by atoms with Crippen LogP contribution in [-0.2, 0) is 16.0 Å². The summed E-state index contributed by atoms with van der Waals surface area (Å²) >= 11 is 0. The average Bonchev–Trinajstić information content (AvgIpc) is 2.77. The summed E-state index contributed by atoms with van der Waals surface area (Å²) in [6, 6.07) is 9.82. The summed E-state index contributed by atoms with van der Waals surface area (Å²) in [6.45, 7) is 2.20. The summed E-state index contributed by atoms with van der Waals surface area (Å²) in [5.41, 5.74) is 0.733. The fraction of sp³-hybridized carbons (Fsp3) is 0.529. The summed E-state index contributed by atoms with van der Waals surface area (Å²) in [5, 5.41) is 0. The van der Waals surface area contributed by atoms with Gasteiger partial charge in [0.25, 0.3) is 0 Å². The topological polar surface area (TPSA) is 40.6 Å². The van der Waals surface area contributed by atoms with Crippen LogP contribution in [0.2, 0.25) is 0 Å². The number of hydrogen-bond donors (Lipinski definition) is 0. The molecule has 0 radical (unpaired) electrons. The first-order valence-electron chi connectivity index (χ1n) is 7.68. The van der Waals surface area contributed by atoms with Crippen molar-refractivity contribution in [1.82, 2.24) is 9.80 Å². The van der Waals surface area contributed by atoms with Crippen LogP contribution in [0.3, 0.4) is 0 Å². The molecule has 2 heterocycles. The molecule has 0 aromatic heterocycles. The molecule has 1 spiro atoms. The zero-order valence-corrected chi connectivity index (χ0v) is 12.5. The van der Waals surface area contributed by atoms with Gasteiger partial charge in [-0.15, -0.1) is 0 Å². The van der Waals surface area contributed by atoms with E-state index in [1.807, 2.05) is 47.2 Å². The molecule has 0 aliphatic carbocycles. The van der Waals surface area contributed by atoms with Gasteiger partial charge in [0, 0.05) is 26.7 Å². The van der Waals surface area contributed by atoms with Gasteiger partial charge in [-0.2, -0.15) is 0 Å². The Morgan fingerprint density at radius 1 is 1.19 bits per heavy atom. The normalized spacial score (nSPS) is 25.7. The second kappa shape index (κ2) is 5.51. The molecule has 4 nitrogen and oxygen atoms in total. The molecule has 2 fully saturated rings. The molecular weight excluding hydrogens is 264 g/mol. The number of carbonyl (C=O) groups is 2. The number of likely N-dealkylation sites (tertiary alicyclic amines) is 2. The molecular formula is C17H22N2O2. The van der Waals surface area contributed by atoms with E-state index in [9.17, 15) is 9.59 Å². The second-order valence-corrected chi connectivity index (χ2v) is 6.34. The van der Waals surface area contributed by atoms with E-state index in [2.05, 4.69) is 0 Å². The molecule has 112 valence electrons. The number of carbonyl (C=O) groups excluding carboxylic acids is 2. The van der Waals surface area contributed by atoms with Gasteiger partial charge < -0.3 is 9.80 Å². The minimum absolute atomic E-state index is 0.141. The minimum Gasteiger partial charge on any atom is -0.345 e. The molecule has 4 heteroatoms. The van der Waals surface area contributed by atoms with Gasteiger partial charge in [-0.05, 0) is 24.8 Å². The first kappa shape index (κ1) is 14.1. The van der Waals surface area contributed by atoms with Crippen LogP contribution >= 0.6 is 0 Å². The van der Waals surface area contributed by atoms with Crippen molar-refractivity contribution in [3.05, 3.63) is 35.9 Å². The highest BCUT2D eigenvalue weighted by Gasteiger charge is 2.48. The molecule has 2 saturated heterocycles. The molecule has 0 bridgehead atoms. The molecule has 0 N–H and O–H groups in total. The second-order valence-electron chi connectivity index (χ2n) is 6.34. The number of piperidine rings is 1. The van der Waals surface area contributed by atoms with Gasteiger partial charge in [-0.1, -0.05) is 30.3 Å². The lowest BCUT2D eigenvalue weighted by Gasteiger charge is -2.39. The highest BCUT2D eigenvalue weighted by atomic mass is 16.2. The zero-order chi connectivity index (χ0) is 14.9. The van der Waals surface area contributed by atoms with E-state index in [0.717, 1.165) is 37.9 Å². The number of hydrogen-bond acceptors (Lipinski definition) is 2. The van der Waals surface area contributed by atoms with Gasteiger partial charge in [-0.25, -0.2) is 0 Å². The maximum atomic E-state index is 12.5. The lowest BCUT2D eigenvalue weighted by atomic mass is 9.78. The Balaban J connectivity index is 1.69. The summed E-state index contributed by atoms with van der Waals surface area (Å²) in [4.78, 5) is 28.6. The first-order valence-corrected chi connectivity index (χ1v) is 7.68. The van der Waals surface area contributed by atoms with Crippen molar-refractivity contribution >= 4 is 11.8 Å². The van der Waals surface area contributed by atoms with Crippen molar-refractivity contribution in [2.75, 3.05) is 26.7 Å². The van der Waals surface area contributed by atoms with Gasteiger partial charge in [-0.3, -0.25) is 9.59 Å². The molecule has 2 aliphatic heterocycles. The number of rotatable bonds is 2. The molecule has 21 heavy (non-hydrogen) atoms. The van der Waals surface area contributed by atoms with Crippen LogP contribution in [0.25, 0.3) is 0 Å². The van der Waals surface area contributed by atoms with Gasteiger partial charge in [0.15, 0.2) is 0 Å². The Morgan fingerprint density at radius 3 is 2.62 bits per heavy atom. The fourth-order valence-corrected chi connectivity index (χ4v) is 3.60. The van der Waals surface area contributed by atoms with Crippen LogP contribution in [0.15, 0.2) is 30.3 Å². The maximum absolute atomic E-state index is 12.5.